The minimum Gasteiger partial charge on any atom is -0.506 e. The molecule has 1 aliphatic heterocycles. The lowest BCUT2D eigenvalue weighted by Crippen LogP contribution is -2.32. The highest BCUT2D eigenvalue weighted by Gasteiger charge is 2.29. The maximum absolute atomic E-state index is 12.3. The van der Waals surface area contributed by atoms with Gasteiger partial charge in [-0.05, 0) is 43.3 Å². The molecule has 1 heterocycles. The van der Waals surface area contributed by atoms with Gasteiger partial charge >= 0.3 is 5.97 Å². The molecule has 0 saturated heterocycles. The van der Waals surface area contributed by atoms with Crippen molar-refractivity contribution in [3.05, 3.63) is 47.0 Å². The summed E-state index contributed by atoms with van der Waals surface area (Å²) in [6, 6.07) is 9.22. The van der Waals surface area contributed by atoms with Gasteiger partial charge in [-0.25, -0.2) is 4.79 Å². The summed E-state index contributed by atoms with van der Waals surface area (Å²) in [5.74, 6) is -1.56. The molecule has 0 aliphatic carbocycles. The highest BCUT2D eigenvalue weighted by atomic mass is 35.5. The number of rotatable bonds is 5. The molecule has 0 fully saturated rings. The van der Waals surface area contributed by atoms with Gasteiger partial charge in [0.1, 0.15) is 5.75 Å². The highest BCUT2D eigenvalue weighted by Crippen LogP contribution is 2.38. The molecule has 0 radical (unpaired) electrons. The summed E-state index contributed by atoms with van der Waals surface area (Å²) >= 11 is 7.19. The molecule has 0 spiro atoms. The minimum absolute atomic E-state index is 0.0857. The molecule has 0 bridgehead atoms. The summed E-state index contributed by atoms with van der Waals surface area (Å²) in [4.78, 5) is 37.1. The predicted molar refractivity (Wildman–Crippen MR) is 107 cm³/mol. The van der Waals surface area contributed by atoms with Crippen molar-refractivity contribution < 1.29 is 24.2 Å². The number of carbonyl (C=O) groups is 3. The van der Waals surface area contributed by atoms with E-state index in [4.69, 9.17) is 16.3 Å². The highest BCUT2D eigenvalue weighted by molar-refractivity contribution is 8.01. The van der Waals surface area contributed by atoms with Crippen LogP contribution in [0, 0.1) is 0 Å². The van der Waals surface area contributed by atoms with Gasteiger partial charge in [0.05, 0.1) is 28.8 Å². The summed E-state index contributed by atoms with van der Waals surface area (Å²) in [6.07, 6.45) is -0.0857. The van der Waals surface area contributed by atoms with Crippen LogP contribution in [0.25, 0.3) is 0 Å². The van der Waals surface area contributed by atoms with E-state index in [2.05, 4.69) is 10.6 Å². The third-order valence-corrected chi connectivity index (χ3v) is 5.43. The Morgan fingerprint density at radius 2 is 2.07 bits per heavy atom. The van der Waals surface area contributed by atoms with E-state index >= 15 is 0 Å². The van der Waals surface area contributed by atoms with Gasteiger partial charge in [-0.3, -0.25) is 9.59 Å². The summed E-state index contributed by atoms with van der Waals surface area (Å²) in [5, 5.41) is 15.2. The van der Waals surface area contributed by atoms with Gasteiger partial charge in [-0.1, -0.05) is 11.6 Å². The molecule has 3 rings (SSSR count). The van der Waals surface area contributed by atoms with E-state index in [1.807, 2.05) is 0 Å². The number of ether oxygens (including phenoxy) is 1. The van der Waals surface area contributed by atoms with E-state index in [0.29, 0.717) is 10.7 Å². The van der Waals surface area contributed by atoms with Gasteiger partial charge < -0.3 is 20.5 Å². The minimum atomic E-state index is -0.616. The lowest BCUT2D eigenvalue weighted by Gasteiger charge is -2.23. The number of fused-ring (bicyclic) bond motifs is 1. The topological polar surface area (TPSA) is 105 Å². The molecule has 1 aliphatic rings. The Bertz CT molecular complexity index is 950. The summed E-state index contributed by atoms with van der Waals surface area (Å²) in [5.41, 5.74) is 0.938. The molecule has 3 N–H and O–H groups in total. The number of carbonyl (C=O) groups excluding carboxylic acids is 3. The quantitative estimate of drug-likeness (QED) is 0.503. The van der Waals surface area contributed by atoms with Crippen LogP contribution in [-0.4, -0.2) is 34.7 Å². The van der Waals surface area contributed by atoms with Crippen LogP contribution < -0.4 is 10.6 Å². The molecule has 2 aromatic rings. The van der Waals surface area contributed by atoms with Crippen LogP contribution in [0.1, 0.15) is 23.7 Å². The van der Waals surface area contributed by atoms with Crippen molar-refractivity contribution in [2.75, 3.05) is 17.2 Å². The van der Waals surface area contributed by atoms with Crippen molar-refractivity contribution >= 4 is 52.5 Å². The van der Waals surface area contributed by atoms with Crippen LogP contribution in [0.2, 0.25) is 5.02 Å². The molecule has 1 atom stereocenters. The van der Waals surface area contributed by atoms with Gasteiger partial charge in [0.2, 0.25) is 11.8 Å². The number of halogens is 1. The monoisotopic (exact) mass is 420 g/mol. The number of amides is 2. The Morgan fingerprint density at radius 3 is 2.79 bits per heavy atom. The zero-order valence-corrected chi connectivity index (χ0v) is 16.4. The number of nitrogens with one attached hydrogen (secondary N) is 2. The van der Waals surface area contributed by atoms with Crippen molar-refractivity contribution in [2.24, 2.45) is 0 Å². The van der Waals surface area contributed by atoms with Crippen molar-refractivity contribution in [2.45, 2.75) is 23.5 Å². The SMILES string of the molecule is CCOC(=O)c1ccc(NC(=O)C[C@H]2Sc3ccc(Cl)cc3NC2=O)c(O)c1. The zero-order valence-electron chi connectivity index (χ0n) is 14.8. The van der Waals surface area contributed by atoms with E-state index in [1.165, 1.54) is 30.0 Å². The lowest BCUT2D eigenvalue weighted by molar-refractivity contribution is -0.120. The Labute approximate surface area is 170 Å². The standard InChI is InChI=1S/C19H17ClN2O5S/c1-2-27-19(26)10-3-5-12(14(23)7-10)21-17(24)9-16-18(25)22-13-8-11(20)4-6-15(13)28-16/h3-8,16,23H,2,9H2,1H3,(H,21,24)(H,22,25)/t16-/m1/s1. The van der Waals surface area contributed by atoms with Gasteiger partial charge in [0.25, 0.3) is 0 Å². The molecule has 2 amide bonds. The molecule has 0 aromatic heterocycles. The number of phenolic OH excluding ortho intramolecular Hbond substituents is 1. The number of aromatic hydroxyl groups is 1. The van der Waals surface area contributed by atoms with Crippen LogP contribution in [-0.2, 0) is 14.3 Å². The average Bonchev–Trinajstić information content (AvgIpc) is 2.64. The molecule has 28 heavy (non-hydrogen) atoms. The van der Waals surface area contributed by atoms with Crippen LogP contribution in [0.4, 0.5) is 11.4 Å². The molecule has 0 unspecified atom stereocenters. The van der Waals surface area contributed by atoms with E-state index in [1.54, 1.807) is 25.1 Å². The number of anilines is 2. The summed E-state index contributed by atoms with van der Waals surface area (Å²) in [6.45, 7) is 1.90. The van der Waals surface area contributed by atoms with Crippen LogP contribution >= 0.6 is 23.4 Å². The maximum Gasteiger partial charge on any atom is 0.338 e. The number of esters is 1. The molecule has 7 nitrogen and oxygen atoms in total. The first kappa shape index (κ1) is 20.0. The van der Waals surface area contributed by atoms with Gasteiger partial charge in [-0.15, -0.1) is 11.8 Å². The molecule has 9 heteroatoms. The molecular weight excluding hydrogens is 404 g/mol. The first-order valence-corrected chi connectivity index (χ1v) is 9.70. The van der Waals surface area contributed by atoms with Crippen LogP contribution in [0.5, 0.6) is 5.75 Å². The largest absolute Gasteiger partial charge is 0.506 e. The number of hydrogen-bond acceptors (Lipinski definition) is 6. The second kappa shape index (κ2) is 8.53. The van der Waals surface area contributed by atoms with E-state index in [0.717, 1.165) is 4.90 Å². The first-order valence-electron chi connectivity index (χ1n) is 8.44. The third-order valence-electron chi connectivity index (χ3n) is 3.91. The fraction of sp³-hybridized carbons (Fsp3) is 0.211. The van der Waals surface area contributed by atoms with E-state index in [9.17, 15) is 19.5 Å². The van der Waals surface area contributed by atoms with Crippen LogP contribution in [0.3, 0.4) is 0 Å². The van der Waals surface area contributed by atoms with Gasteiger partial charge in [0.15, 0.2) is 0 Å². The van der Waals surface area contributed by atoms with E-state index in [-0.39, 0.29) is 35.9 Å². The number of hydrogen-bond donors (Lipinski definition) is 3. The second-order valence-electron chi connectivity index (χ2n) is 5.94. The van der Waals surface area contributed by atoms with Crippen LogP contribution in [0.15, 0.2) is 41.3 Å². The van der Waals surface area contributed by atoms with Crippen molar-refractivity contribution in [1.29, 1.82) is 0 Å². The second-order valence-corrected chi connectivity index (χ2v) is 7.62. The Balaban J connectivity index is 1.65. The smallest absolute Gasteiger partial charge is 0.338 e. The number of thioether (sulfide) groups is 1. The third kappa shape index (κ3) is 4.58. The molecule has 2 aromatic carbocycles. The summed E-state index contributed by atoms with van der Waals surface area (Å²) in [7, 11) is 0. The number of phenols is 1. The Morgan fingerprint density at radius 1 is 1.29 bits per heavy atom. The lowest BCUT2D eigenvalue weighted by atomic mass is 10.1. The van der Waals surface area contributed by atoms with Crippen molar-refractivity contribution in [1.82, 2.24) is 0 Å². The number of benzene rings is 2. The zero-order chi connectivity index (χ0) is 20.3. The van der Waals surface area contributed by atoms with Gasteiger partial charge in [-0.2, -0.15) is 0 Å². The molecule has 146 valence electrons. The fourth-order valence-corrected chi connectivity index (χ4v) is 3.87. The molecule has 0 saturated carbocycles. The van der Waals surface area contributed by atoms with Gasteiger partial charge in [0, 0.05) is 16.3 Å². The van der Waals surface area contributed by atoms with E-state index < -0.39 is 17.1 Å². The fourth-order valence-electron chi connectivity index (χ4n) is 2.61. The molecular formula is C19H17ClN2O5S. The predicted octanol–water partition coefficient (Wildman–Crippen LogP) is 3.66. The van der Waals surface area contributed by atoms with Crippen molar-refractivity contribution in [3.8, 4) is 5.75 Å². The maximum atomic E-state index is 12.3. The normalized spacial score (nSPS) is 15.4. The summed E-state index contributed by atoms with van der Waals surface area (Å²) < 4.78 is 4.86. The first-order chi connectivity index (χ1) is 13.4. The Kier molecular flexibility index (Phi) is 6.11. The van der Waals surface area contributed by atoms with Crippen molar-refractivity contribution in [3.63, 3.8) is 0 Å². The average molecular weight is 421 g/mol. The Hall–Kier alpha value is -2.71.